The Hall–Kier alpha value is -2.38. The lowest BCUT2D eigenvalue weighted by Crippen LogP contribution is -2.15. The SMILES string of the molecule is COc1ccc(S(N)(=O)=O)cc1NC(=O)c1ccc(C)cc1. The topological polar surface area (TPSA) is 98.5 Å². The van der Waals surface area contributed by atoms with Gasteiger partial charge in [0.15, 0.2) is 0 Å². The van der Waals surface area contributed by atoms with Crippen molar-refractivity contribution in [2.24, 2.45) is 5.14 Å². The number of carbonyl (C=O) groups excluding carboxylic acids is 1. The van der Waals surface area contributed by atoms with Gasteiger partial charge in [0.2, 0.25) is 10.0 Å². The molecular formula is C15H16N2O4S. The van der Waals surface area contributed by atoms with Gasteiger partial charge in [-0.25, -0.2) is 13.6 Å². The summed E-state index contributed by atoms with van der Waals surface area (Å²) >= 11 is 0. The average Bonchev–Trinajstić information content (AvgIpc) is 2.46. The van der Waals surface area contributed by atoms with Gasteiger partial charge in [0, 0.05) is 5.56 Å². The second-order valence-corrected chi connectivity index (χ2v) is 6.29. The van der Waals surface area contributed by atoms with Crippen LogP contribution in [0.1, 0.15) is 15.9 Å². The van der Waals surface area contributed by atoms with Crippen LogP contribution in [-0.4, -0.2) is 21.4 Å². The van der Waals surface area contributed by atoms with Crippen LogP contribution in [0.25, 0.3) is 0 Å². The molecule has 2 aromatic rings. The molecule has 2 aromatic carbocycles. The third-order valence-corrected chi connectivity index (χ3v) is 3.97. The lowest BCUT2D eigenvalue weighted by Gasteiger charge is -2.11. The lowest BCUT2D eigenvalue weighted by atomic mass is 10.1. The Morgan fingerprint density at radius 2 is 1.77 bits per heavy atom. The normalized spacial score (nSPS) is 11.0. The largest absolute Gasteiger partial charge is 0.495 e. The fraction of sp³-hybridized carbons (Fsp3) is 0.133. The number of aryl methyl sites for hydroxylation is 1. The standard InChI is InChI=1S/C15H16N2O4S/c1-10-3-5-11(6-4-10)15(18)17-13-9-12(22(16,19)20)7-8-14(13)21-2/h3-9H,1-2H3,(H,17,18)(H2,16,19,20). The molecule has 0 aliphatic rings. The van der Waals surface area contributed by atoms with E-state index in [2.05, 4.69) is 5.32 Å². The molecule has 116 valence electrons. The van der Waals surface area contributed by atoms with Crippen LogP contribution in [-0.2, 0) is 10.0 Å². The van der Waals surface area contributed by atoms with Gasteiger partial charge in [0.05, 0.1) is 17.7 Å². The van der Waals surface area contributed by atoms with Crippen molar-refractivity contribution >= 4 is 21.6 Å². The Kier molecular flexibility index (Phi) is 4.48. The Morgan fingerprint density at radius 1 is 1.14 bits per heavy atom. The van der Waals surface area contributed by atoms with Crippen LogP contribution in [0.3, 0.4) is 0 Å². The molecule has 0 unspecified atom stereocenters. The first-order valence-corrected chi connectivity index (χ1v) is 7.95. The van der Waals surface area contributed by atoms with Gasteiger partial charge in [0.25, 0.3) is 5.91 Å². The van der Waals surface area contributed by atoms with Crippen LogP contribution in [0.4, 0.5) is 5.69 Å². The molecule has 0 radical (unpaired) electrons. The maximum Gasteiger partial charge on any atom is 0.255 e. The number of nitrogens with two attached hydrogens (primary N) is 1. The first-order chi connectivity index (χ1) is 10.3. The number of carbonyl (C=O) groups is 1. The number of hydrogen-bond acceptors (Lipinski definition) is 4. The molecule has 0 bridgehead atoms. The molecule has 3 N–H and O–H groups in total. The molecule has 1 amide bonds. The van der Waals surface area contributed by atoms with Gasteiger partial charge in [-0.15, -0.1) is 0 Å². The number of rotatable bonds is 4. The van der Waals surface area contributed by atoms with Crippen molar-refractivity contribution in [3.8, 4) is 5.75 Å². The zero-order valence-corrected chi connectivity index (χ0v) is 13.0. The Morgan fingerprint density at radius 3 is 2.32 bits per heavy atom. The van der Waals surface area contributed by atoms with Crippen LogP contribution >= 0.6 is 0 Å². The van der Waals surface area contributed by atoms with E-state index in [4.69, 9.17) is 9.88 Å². The summed E-state index contributed by atoms with van der Waals surface area (Å²) in [5.41, 5.74) is 1.72. The highest BCUT2D eigenvalue weighted by Gasteiger charge is 2.14. The maximum absolute atomic E-state index is 12.2. The summed E-state index contributed by atoms with van der Waals surface area (Å²) in [6.45, 7) is 1.92. The molecule has 2 rings (SSSR count). The minimum Gasteiger partial charge on any atom is -0.495 e. The van der Waals surface area contributed by atoms with Gasteiger partial charge < -0.3 is 10.1 Å². The van der Waals surface area contributed by atoms with E-state index >= 15 is 0 Å². The van der Waals surface area contributed by atoms with Crippen molar-refractivity contribution in [3.63, 3.8) is 0 Å². The highest BCUT2D eigenvalue weighted by Crippen LogP contribution is 2.27. The molecule has 0 heterocycles. The summed E-state index contributed by atoms with van der Waals surface area (Å²) in [6, 6.07) is 11.0. The van der Waals surface area contributed by atoms with E-state index in [1.165, 1.54) is 25.3 Å². The van der Waals surface area contributed by atoms with E-state index in [9.17, 15) is 13.2 Å². The van der Waals surface area contributed by atoms with Crippen LogP contribution in [0.5, 0.6) is 5.75 Å². The first kappa shape index (κ1) is 16.0. The average molecular weight is 320 g/mol. The number of sulfonamides is 1. The van der Waals surface area contributed by atoms with E-state index in [1.807, 2.05) is 19.1 Å². The molecule has 22 heavy (non-hydrogen) atoms. The second kappa shape index (κ2) is 6.17. The zero-order chi connectivity index (χ0) is 16.3. The number of nitrogens with one attached hydrogen (secondary N) is 1. The summed E-state index contributed by atoms with van der Waals surface area (Å²) < 4.78 is 27.9. The molecule has 0 saturated heterocycles. The summed E-state index contributed by atoms with van der Waals surface area (Å²) in [4.78, 5) is 12.1. The van der Waals surface area contributed by atoms with E-state index in [-0.39, 0.29) is 16.5 Å². The quantitative estimate of drug-likeness (QED) is 0.899. The van der Waals surface area contributed by atoms with Gasteiger partial charge in [-0.05, 0) is 37.3 Å². The molecule has 0 aliphatic carbocycles. The maximum atomic E-state index is 12.2. The van der Waals surface area contributed by atoms with Gasteiger partial charge in [-0.2, -0.15) is 0 Å². The lowest BCUT2D eigenvalue weighted by molar-refractivity contribution is 0.102. The highest BCUT2D eigenvalue weighted by atomic mass is 32.2. The van der Waals surface area contributed by atoms with Crippen LogP contribution in [0.15, 0.2) is 47.4 Å². The van der Waals surface area contributed by atoms with Gasteiger partial charge >= 0.3 is 0 Å². The Bertz CT molecular complexity index is 799. The van der Waals surface area contributed by atoms with Crippen LogP contribution in [0.2, 0.25) is 0 Å². The summed E-state index contributed by atoms with van der Waals surface area (Å²) in [5, 5.41) is 7.72. The van der Waals surface area contributed by atoms with Gasteiger partial charge in [-0.3, -0.25) is 4.79 Å². The number of benzene rings is 2. The molecule has 0 aromatic heterocycles. The number of primary sulfonamides is 1. The first-order valence-electron chi connectivity index (χ1n) is 6.40. The summed E-state index contributed by atoms with van der Waals surface area (Å²) in [7, 11) is -2.44. The third kappa shape index (κ3) is 3.63. The minimum atomic E-state index is -3.86. The number of methoxy groups -OCH3 is 1. The highest BCUT2D eigenvalue weighted by molar-refractivity contribution is 7.89. The van der Waals surface area contributed by atoms with Crippen LogP contribution < -0.4 is 15.2 Å². The predicted octanol–water partition coefficient (Wildman–Crippen LogP) is 1.90. The van der Waals surface area contributed by atoms with Crippen molar-refractivity contribution in [1.29, 1.82) is 0 Å². The zero-order valence-electron chi connectivity index (χ0n) is 12.2. The van der Waals surface area contributed by atoms with Crippen molar-refractivity contribution in [2.75, 3.05) is 12.4 Å². The molecule has 7 heteroatoms. The van der Waals surface area contributed by atoms with Gasteiger partial charge in [-0.1, -0.05) is 17.7 Å². The fourth-order valence-corrected chi connectivity index (χ4v) is 2.40. The van der Waals surface area contributed by atoms with Crippen molar-refractivity contribution in [1.82, 2.24) is 0 Å². The van der Waals surface area contributed by atoms with Crippen molar-refractivity contribution in [2.45, 2.75) is 11.8 Å². The minimum absolute atomic E-state index is 0.104. The fourth-order valence-electron chi connectivity index (χ4n) is 1.86. The molecule has 0 atom stereocenters. The third-order valence-electron chi connectivity index (χ3n) is 3.06. The van der Waals surface area contributed by atoms with Crippen molar-refractivity contribution < 1.29 is 17.9 Å². The summed E-state index contributed by atoms with van der Waals surface area (Å²) in [6.07, 6.45) is 0. The monoisotopic (exact) mass is 320 g/mol. The molecule has 0 saturated carbocycles. The molecular weight excluding hydrogens is 304 g/mol. The Balaban J connectivity index is 2.35. The van der Waals surface area contributed by atoms with E-state index < -0.39 is 10.0 Å². The molecule has 0 fully saturated rings. The second-order valence-electron chi connectivity index (χ2n) is 4.73. The number of hydrogen-bond donors (Lipinski definition) is 2. The predicted molar refractivity (Wildman–Crippen MR) is 83.5 cm³/mol. The van der Waals surface area contributed by atoms with E-state index in [1.54, 1.807) is 12.1 Å². The number of amides is 1. The molecule has 0 aliphatic heterocycles. The summed E-state index contributed by atoms with van der Waals surface area (Å²) in [5.74, 6) is -0.0299. The smallest absolute Gasteiger partial charge is 0.255 e. The number of anilines is 1. The van der Waals surface area contributed by atoms with Crippen LogP contribution in [0, 0.1) is 6.92 Å². The van der Waals surface area contributed by atoms with Crippen molar-refractivity contribution in [3.05, 3.63) is 53.6 Å². The molecule has 0 spiro atoms. The van der Waals surface area contributed by atoms with Gasteiger partial charge in [0.1, 0.15) is 5.75 Å². The number of ether oxygens (including phenoxy) is 1. The van der Waals surface area contributed by atoms with E-state index in [0.29, 0.717) is 11.3 Å². The molecule has 6 nitrogen and oxygen atoms in total. The Labute approximate surface area is 129 Å². The van der Waals surface area contributed by atoms with E-state index in [0.717, 1.165) is 5.56 Å².